The fourth-order valence-electron chi connectivity index (χ4n) is 1.51. The number of rotatable bonds is 1. The molecular weight excluding hydrogens is 180 g/mol. The van der Waals surface area contributed by atoms with E-state index in [0.717, 1.165) is 25.2 Å². The Morgan fingerprint density at radius 1 is 1.29 bits per heavy atom. The predicted octanol–water partition coefficient (Wildman–Crippen LogP) is 1.31. The number of carbonyl (C=O) groups is 1. The van der Waals surface area contributed by atoms with Gasteiger partial charge in [-0.1, -0.05) is 0 Å². The molecule has 2 amide bonds. The summed E-state index contributed by atoms with van der Waals surface area (Å²) in [6, 6.07) is 6.57. The van der Waals surface area contributed by atoms with Crippen molar-refractivity contribution in [3.05, 3.63) is 24.3 Å². The maximum Gasteiger partial charge on any atom is 0.321 e. The summed E-state index contributed by atoms with van der Waals surface area (Å²) < 4.78 is 0. The Morgan fingerprint density at radius 3 is 2.64 bits per heavy atom. The Bertz CT molecular complexity index is 334. The quantitative estimate of drug-likeness (QED) is 0.704. The number of hydrogen-bond donors (Lipinski definition) is 2. The van der Waals surface area contributed by atoms with Crippen LogP contribution in [0.1, 0.15) is 6.42 Å². The Hall–Kier alpha value is -1.71. The van der Waals surface area contributed by atoms with Gasteiger partial charge in [-0.3, -0.25) is 4.90 Å². The largest absolute Gasteiger partial charge is 0.508 e. The summed E-state index contributed by atoms with van der Waals surface area (Å²) in [6.07, 6.45) is 0.951. The average molecular weight is 192 g/mol. The van der Waals surface area contributed by atoms with Crippen molar-refractivity contribution < 1.29 is 9.90 Å². The van der Waals surface area contributed by atoms with Crippen LogP contribution in [0.5, 0.6) is 5.75 Å². The minimum Gasteiger partial charge on any atom is -0.508 e. The molecule has 2 rings (SSSR count). The number of phenolic OH excluding ortho intramolecular Hbond substituents is 1. The van der Waals surface area contributed by atoms with Crippen molar-refractivity contribution in [3.63, 3.8) is 0 Å². The SMILES string of the molecule is O=C1NCCCN1c1ccc(O)cc1. The second-order valence-corrected chi connectivity index (χ2v) is 3.25. The lowest BCUT2D eigenvalue weighted by molar-refractivity contribution is 0.243. The molecule has 0 radical (unpaired) electrons. The summed E-state index contributed by atoms with van der Waals surface area (Å²) in [5.41, 5.74) is 0.819. The van der Waals surface area contributed by atoms with Crippen molar-refractivity contribution in [1.29, 1.82) is 0 Å². The van der Waals surface area contributed by atoms with E-state index in [-0.39, 0.29) is 11.8 Å². The molecule has 4 nitrogen and oxygen atoms in total. The van der Waals surface area contributed by atoms with Crippen LogP contribution in [0.3, 0.4) is 0 Å². The van der Waals surface area contributed by atoms with Gasteiger partial charge in [-0.05, 0) is 30.7 Å². The number of phenols is 1. The minimum atomic E-state index is -0.0676. The number of amides is 2. The van der Waals surface area contributed by atoms with Gasteiger partial charge in [0.05, 0.1) is 0 Å². The highest BCUT2D eigenvalue weighted by Gasteiger charge is 2.18. The van der Waals surface area contributed by atoms with Crippen LogP contribution in [-0.4, -0.2) is 24.2 Å². The van der Waals surface area contributed by atoms with Gasteiger partial charge >= 0.3 is 6.03 Å². The molecule has 0 saturated carbocycles. The van der Waals surface area contributed by atoms with E-state index >= 15 is 0 Å². The van der Waals surface area contributed by atoms with Gasteiger partial charge in [-0.15, -0.1) is 0 Å². The van der Waals surface area contributed by atoms with Gasteiger partial charge in [-0.2, -0.15) is 0 Å². The first-order chi connectivity index (χ1) is 6.77. The molecule has 1 aliphatic heterocycles. The Labute approximate surface area is 82.2 Å². The number of anilines is 1. The number of urea groups is 1. The first-order valence-electron chi connectivity index (χ1n) is 4.62. The van der Waals surface area contributed by atoms with E-state index in [1.807, 2.05) is 0 Å². The van der Waals surface area contributed by atoms with Crippen LogP contribution in [0.4, 0.5) is 10.5 Å². The molecular formula is C10H12N2O2. The fourth-order valence-corrected chi connectivity index (χ4v) is 1.51. The smallest absolute Gasteiger partial charge is 0.321 e. The lowest BCUT2D eigenvalue weighted by atomic mass is 10.2. The van der Waals surface area contributed by atoms with Crippen LogP contribution in [0.25, 0.3) is 0 Å². The highest BCUT2D eigenvalue weighted by molar-refractivity contribution is 5.92. The summed E-state index contributed by atoms with van der Waals surface area (Å²) in [5, 5.41) is 11.9. The molecule has 0 aliphatic carbocycles. The van der Waals surface area contributed by atoms with Gasteiger partial charge in [0.1, 0.15) is 5.75 Å². The lowest BCUT2D eigenvalue weighted by Crippen LogP contribution is -2.46. The van der Waals surface area contributed by atoms with Gasteiger partial charge < -0.3 is 10.4 Å². The maximum atomic E-state index is 11.4. The van der Waals surface area contributed by atoms with Gasteiger partial charge in [0, 0.05) is 18.8 Å². The molecule has 1 aromatic carbocycles. The van der Waals surface area contributed by atoms with Crippen LogP contribution < -0.4 is 10.2 Å². The number of benzene rings is 1. The number of nitrogens with zero attached hydrogens (tertiary/aromatic N) is 1. The molecule has 4 heteroatoms. The molecule has 1 saturated heterocycles. The second-order valence-electron chi connectivity index (χ2n) is 3.25. The highest BCUT2D eigenvalue weighted by Crippen LogP contribution is 2.19. The van der Waals surface area contributed by atoms with Crippen LogP contribution in [0, 0.1) is 0 Å². The standard InChI is InChI=1S/C10H12N2O2/c13-9-4-2-8(3-5-9)12-7-1-6-11-10(12)14/h2-5,13H,1,6-7H2,(H,11,14). The maximum absolute atomic E-state index is 11.4. The summed E-state index contributed by atoms with van der Waals surface area (Å²) in [5.74, 6) is 0.214. The number of nitrogens with one attached hydrogen (secondary N) is 1. The summed E-state index contributed by atoms with van der Waals surface area (Å²) in [4.78, 5) is 13.1. The molecule has 1 heterocycles. The van der Waals surface area contributed by atoms with Crippen LogP contribution in [-0.2, 0) is 0 Å². The van der Waals surface area contributed by atoms with E-state index in [9.17, 15) is 4.79 Å². The number of hydrogen-bond acceptors (Lipinski definition) is 2. The van der Waals surface area contributed by atoms with Crippen LogP contribution in [0.15, 0.2) is 24.3 Å². The normalized spacial score (nSPS) is 16.6. The van der Waals surface area contributed by atoms with Crippen LogP contribution >= 0.6 is 0 Å². The van der Waals surface area contributed by atoms with E-state index in [2.05, 4.69) is 5.32 Å². The molecule has 74 valence electrons. The second kappa shape index (κ2) is 3.57. The molecule has 0 bridgehead atoms. The van der Waals surface area contributed by atoms with Gasteiger partial charge in [-0.25, -0.2) is 4.79 Å². The van der Waals surface area contributed by atoms with Crippen molar-refractivity contribution >= 4 is 11.7 Å². The molecule has 1 aromatic rings. The van der Waals surface area contributed by atoms with E-state index in [1.165, 1.54) is 0 Å². The molecule has 0 atom stereocenters. The Kier molecular flexibility index (Phi) is 2.26. The third-order valence-corrected chi connectivity index (χ3v) is 2.24. The third kappa shape index (κ3) is 1.64. The van der Waals surface area contributed by atoms with Crippen molar-refractivity contribution in [2.24, 2.45) is 0 Å². The Morgan fingerprint density at radius 2 is 2.00 bits per heavy atom. The van der Waals surface area contributed by atoms with Crippen molar-refractivity contribution in [2.75, 3.05) is 18.0 Å². The number of carbonyl (C=O) groups excluding carboxylic acids is 1. The summed E-state index contributed by atoms with van der Waals surface area (Å²) >= 11 is 0. The molecule has 0 spiro atoms. The first-order valence-corrected chi connectivity index (χ1v) is 4.62. The fraction of sp³-hybridized carbons (Fsp3) is 0.300. The zero-order valence-corrected chi connectivity index (χ0v) is 7.73. The lowest BCUT2D eigenvalue weighted by Gasteiger charge is -2.27. The molecule has 0 unspecified atom stereocenters. The zero-order valence-electron chi connectivity index (χ0n) is 7.73. The molecule has 1 aliphatic rings. The van der Waals surface area contributed by atoms with Gasteiger partial charge in [0.25, 0.3) is 0 Å². The number of aromatic hydroxyl groups is 1. The van der Waals surface area contributed by atoms with Crippen molar-refractivity contribution in [2.45, 2.75) is 6.42 Å². The van der Waals surface area contributed by atoms with E-state index < -0.39 is 0 Å². The highest BCUT2D eigenvalue weighted by atomic mass is 16.3. The average Bonchev–Trinajstić information content (AvgIpc) is 2.20. The molecule has 14 heavy (non-hydrogen) atoms. The monoisotopic (exact) mass is 192 g/mol. The predicted molar refractivity (Wildman–Crippen MR) is 53.5 cm³/mol. The Balaban J connectivity index is 2.20. The zero-order chi connectivity index (χ0) is 9.97. The van der Waals surface area contributed by atoms with Gasteiger partial charge in [0.15, 0.2) is 0 Å². The van der Waals surface area contributed by atoms with Gasteiger partial charge in [0.2, 0.25) is 0 Å². The van der Waals surface area contributed by atoms with E-state index in [4.69, 9.17) is 5.11 Å². The summed E-state index contributed by atoms with van der Waals surface area (Å²) in [6.45, 7) is 1.48. The minimum absolute atomic E-state index is 0.0676. The first kappa shape index (κ1) is 8.87. The molecule has 2 N–H and O–H groups in total. The van der Waals surface area contributed by atoms with Crippen molar-refractivity contribution in [3.8, 4) is 5.75 Å². The van der Waals surface area contributed by atoms with E-state index in [1.54, 1.807) is 29.2 Å². The molecule has 0 aromatic heterocycles. The summed E-state index contributed by atoms with van der Waals surface area (Å²) in [7, 11) is 0. The third-order valence-electron chi connectivity index (χ3n) is 2.24. The molecule has 1 fully saturated rings. The van der Waals surface area contributed by atoms with E-state index in [0.29, 0.717) is 0 Å². The van der Waals surface area contributed by atoms with Crippen molar-refractivity contribution in [1.82, 2.24) is 5.32 Å². The topological polar surface area (TPSA) is 52.6 Å². The van der Waals surface area contributed by atoms with Crippen LogP contribution in [0.2, 0.25) is 0 Å².